The summed E-state index contributed by atoms with van der Waals surface area (Å²) in [6, 6.07) is 14.2. The summed E-state index contributed by atoms with van der Waals surface area (Å²) in [6.07, 6.45) is 3.25. The zero-order valence-corrected chi connectivity index (χ0v) is 12.9. The van der Waals surface area contributed by atoms with E-state index in [9.17, 15) is 4.79 Å². The molecule has 2 rings (SSSR count). The number of nitrogens with zero attached hydrogens (tertiary/aromatic N) is 1. The Morgan fingerprint density at radius 1 is 1.13 bits per heavy atom. The summed E-state index contributed by atoms with van der Waals surface area (Å²) in [5.74, 6) is 1.17. The van der Waals surface area contributed by atoms with Crippen LogP contribution in [0.4, 0.5) is 0 Å². The van der Waals surface area contributed by atoms with Crippen molar-refractivity contribution in [2.24, 2.45) is 5.10 Å². The molecule has 0 bridgehead atoms. The number of carbonyl (C=O) groups is 1. The molecule has 0 unspecified atom stereocenters. The summed E-state index contributed by atoms with van der Waals surface area (Å²) in [5, 5.41) is 3.94. The number of hydrogen-bond donors (Lipinski definition) is 1. The van der Waals surface area contributed by atoms with Gasteiger partial charge in [0.15, 0.2) is 0 Å². The van der Waals surface area contributed by atoms with Crippen LogP contribution >= 0.6 is 0 Å². The van der Waals surface area contributed by atoms with Gasteiger partial charge >= 0.3 is 0 Å². The van der Waals surface area contributed by atoms with Crippen LogP contribution in [0.2, 0.25) is 0 Å². The first-order valence-electron chi connectivity index (χ1n) is 7.04. The predicted molar refractivity (Wildman–Crippen MR) is 90.2 cm³/mol. The molecule has 0 saturated heterocycles. The van der Waals surface area contributed by atoms with Crippen molar-refractivity contribution >= 4 is 12.1 Å². The van der Waals surface area contributed by atoms with Gasteiger partial charge in [0, 0.05) is 5.56 Å². The van der Waals surface area contributed by atoms with Crippen LogP contribution in [0.5, 0.6) is 11.5 Å². The van der Waals surface area contributed by atoms with E-state index in [2.05, 4.69) is 17.1 Å². The van der Waals surface area contributed by atoms with Crippen LogP contribution in [0.3, 0.4) is 0 Å². The molecule has 0 atom stereocenters. The van der Waals surface area contributed by atoms with E-state index in [-0.39, 0.29) is 5.91 Å². The van der Waals surface area contributed by atoms with Crippen LogP contribution in [-0.2, 0) is 0 Å². The molecule has 0 heterocycles. The van der Waals surface area contributed by atoms with Crippen molar-refractivity contribution in [3.63, 3.8) is 0 Å². The Morgan fingerprint density at radius 3 is 2.39 bits per heavy atom. The van der Waals surface area contributed by atoms with Crippen molar-refractivity contribution in [2.75, 3.05) is 13.7 Å². The van der Waals surface area contributed by atoms with Gasteiger partial charge in [0.1, 0.15) is 18.1 Å². The van der Waals surface area contributed by atoms with Crippen LogP contribution in [0.15, 0.2) is 66.3 Å². The standard InChI is InChI=1S/C18H18N2O3/c1-3-12-23-17-8-4-14(5-9-17)13-19-20-18(21)15-6-10-16(22-2)11-7-15/h3-11,13H,1,12H2,2H3,(H,20,21)/b19-13+. The van der Waals surface area contributed by atoms with Crippen molar-refractivity contribution in [1.82, 2.24) is 5.43 Å². The fourth-order valence-corrected chi connectivity index (χ4v) is 1.78. The maximum absolute atomic E-state index is 11.9. The number of methoxy groups -OCH3 is 1. The summed E-state index contributed by atoms with van der Waals surface area (Å²) < 4.78 is 10.4. The van der Waals surface area contributed by atoms with Crippen LogP contribution in [0.25, 0.3) is 0 Å². The second-order valence-electron chi connectivity index (χ2n) is 4.60. The molecule has 2 aromatic carbocycles. The molecule has 0 fully saturated rings. The van der Waals surface area contributed by atoms with Crippen LogP contribution < -0.4 is 14.9 Å². The first-order chi connectivity index (χ1) is 11.2. The highest BCUT2D eigenvalue weighted by atomic mass is 16.5. The van der Waals surface area contributed by atoms with E-state index in [1.54, 1.807) is 43.7 Å². The molecule has 0 saturated carbocycles. The van der Waals surface area contributed by atoms with Crippen molar-refractivity contribution in [1.29, 1.82) is 0 Å². The second-order valence-corrected chi connectivity index (χ2v) is 4.60. The Morgan fingerprint density at radius 2 is 1.78 bits per heavy atom. The number of hydrogen-bond acceptors (Lipinski definition) is 4. The molecular weight excluding hydrogens is 292 g/mol. The number of rotatable bonds is 7. The minimum atomic E-state index is -0.283. The monoisotopic (exact) mass is 310 g/mol. The lowest BCUT2D eigenvalue weighted by atomic mass is 10.2. The quantitative estimate of drug-likeness (QED) is 0.486. The highest BCUT2D eigenvalue weighted by Gasteiger charge is 2.03. The first-order valence-corrected chi connectivity index (χ1v) is 7.04. The van der Waals surface area contributed by atoms with Gasteiger partial charge in [-0.2, -0.15) is 5.10 Å². The topological polar surface area (TPSA) is 59.9 Å². The van der Waals surface area contributed by atoms with E-state index < -0.39 is 0 Å². The molecule has 0 aromatic heterocycles. The number of hydrazone groups is 1. The van der Waals surface area contributed by atoms with Crippen LogP contribution in [-0.4, -0.2) is 25.8 Å². The molecule has 5 heteroatoms. The van der Waals surface area contributed by atoms with E-state index in [1.807, 2.05) is 24.3 Å². The predicted octanol–water partition coefficient (Wildman–Crippen LogP) is 3.02. The molecule has 0 aliphatic rings. The van der Waals surface area contributed by atoms with Gasteiger partial charge in [-0.15, -0.1) is 0 Å². The van der Waals surface area contributed by atoms with Gasteiger partial charge in [-0.05, 0) is 54.1 Å². The summed E-state index contributed by atoms with van der Waals surface area (Å²) in [6.45, 7) is 4.06. The average Bonchev–Trinajstić information content (AvgIpc) is 2.61. The Hall–Kier alpha value is -3.08. The van der Waals surface area contributed by atoms with Gasteiger partial charge in [0.25, 0.3) is 5.91 Å². The van der Waals surface area contributed by atoms with E-state index in [0.29, 0.717) is 17.9 Å². The Kier molecular flexibility index (Phi) is 5.94. The van der Waals surface area contributed by atoms with Crippen molar-refractivity contribution < 1.29 is 14.3 Å². The Labute approximate surface area is 135 Å². The van der Waals surface area contributed by atoms with E-state index in [4.69, 9.17) is 9.47 Å². The lowest BCUT2D eigenvalue weighted by molar-refractivity contribution is 0.0955. The molecule has 1 N–H and O–H groups in total. The third-order valence-electron chi connectivity index (χ3n) is 2.98. The van der Waals surface area contributed by atoms with Gasteiger partial charge in [-0.25, -0.2) is 5.43 Å². The SMILES string of the molecule is C=CCOc1ccc(/C=N/NC(=O)c2ccc(OC)cc2)cc1. The number of carbonyl (C=O) groups excluding carboxylic acids is 1. The van der Waals surface area contributed by atoms with Crippen LogP contribution in [0, 0.1) is 0 Å². The molecule has 0 aliphatic carbocycles. The molecule has 0 spiro atoms. The zero-order chi connectivity index (χ0) is 16.5. The largest absolute Gasteiger partial charge is 0.497 e. The third-order valence-corrected chi connectivity index (χ3v) is 2.98. The summed E-state index contributed by atoms with van der Waals surface area (Å²) in [7, 11) is 1.58. The Bertz CT molecular complexity index is 676. The lowest BCUT2D eigenvalue weighted by Gasteiger charge is -2.03. The Balaban J connectivity index is 1.89. The molecular formula is C18H18N2O3. The molecule has 1 amide bonds. The highest BCUT2D eigenvalue weighted by Crippen LogP contribution is 2.12. The smallest absolute Gasteiger partial charge is 0.271 e. The first kappa shape index (κ1) is 16.3. The molecule has 5 nitrogen and oxygen atoms in total. The fourth-order valence-electron chi connectivity index (χ4n) is 1.78. The van der Waals surface area contributed by atoms with Gasteiger partial charge in [-0.1, -0.05) is 12.7 Å². The lowest BCUT2D eigenvalue weighted by Crippen LogP contribution is -2.17. The highest BCUT2D eigenvalue weighted by molar-refractivity contribution is 5.95. The van der Waals surface area contributed by atoms with Crippen molar-refractivity contribution in [2.45, 2.75) is 0 Å². The third kappa shape index (κ3) is 5.00. The van der Waals surface area contributed by atoms with Gasteiger partial charge < -0.3 is 9.47 Å². The maximum atomic E-state index is 11.9. The van der Waals surface area contributed by atoms with E-state index >= 15 is 0 Å². The molecule has 0 aliphatic heterocycles. The molecule has 0 radical (unpaired) electrons. The number of ether oxygens (including phenoxy) is 2. The van der Waals surface area contributed by atoms with Gasteiger partial charge in [0.2, 0.25) is 0 Å². The summed E-state index contributed by atoms with van der Waals surface area (Å²) in [5.41, 5.74) is 3.84. The van der Waals surface area contributed by atoms with E-state index in [0.717, 1.165) is 11.3 Å². The normalized spacial score (nSPS) is 10.3. The van der Waals surface area contributed by atoms with Crippen molar-refractivity contribution in [3.05, 3.63) is 72.3 Å². The van der Waals surface area contributed by atoms with Gasteiger partial charge in [0.05, 0.1) is 13.3 Å². The zero-order valence-electron chi connectivity index (χ0n) is 12.9. The minimum Gasteiger partial charge on any atom is -0.497 e. The fraction of sp³-hybridized carbons (Fsp3) is 0.111. The van der Waals surface area contributed by atoms with Crippen molar-refractivity contribution in [3.8, 4) is 11.5 Å². The molecule has 118 valence electrons. The minimum absolute atomic E-state index is 0.283. The summed E-state index contributed by atoms with van der Waals surface area (Å²) >= 11 is 0. The maximum Gasteiger partial charge on any atom is 0.271 e. The number of benzene rings is 2. The molecule has 2 aromatic rings. The number of nitrogens with one attached hydrogen (secondary N) is 1. The summed E-state index contributed by atoms with van der Waals surface area (Å²) in [4.78, 5) is 11.9. The van der Waals surface area contributed by atoms with Gasteiger partial charge in [-0.3, -0.25) is 4.79 Å². The second kappa shape index (κ2) is 8.38. The van der Waals surface area contributed by atoms with Crippen LogP contribution in [0.1, 0.15) is 15.9 Å². The van der Waals surface area contributed by atoms with E-state index in [1.165, 1.54) is 0 Å². The number of amides is 1. The molecule has 23 heavy (non-hydrogen) atoms. The average molecular weight is 310 g/mol.